The van der Waals surface area contributed by atoms with Crippen molar-refractivity contribution < 1.29 is 18.9 Å². The van der Waals surface area contributed by atoms with Crippen LogP contribution in [0.4, 0.5) is 0 Å². The molecular weight excluding hydrogens is 681 g/mol. The van der Waals surface area contributed by atoms with Gasteiger partial charge in [-0.2, -0.15) is 0 Å². The van der Waals surface area contributed by atoms with Gasteiger partial charge in [0.2, 0.25) is 0 Å². The van der Waals surface area contributed by atoms with Crippen molar-refractivity contribution in [3.8, 4) is 23.0 Å². The molecule has 0 heterocycles. The van der Waals surface area contributed by atoms with Gasteiger partial charge in [-0.3, -0.25) is 0 Å². The van der Waals surface area contributed by atoms with E-state index >= 15 is 0 Å². The fraction of sp³-hybridized carbons (Fsp3) is 0.388. The molecule has 5 aromatic carbocycles. The third kappa shape index (κ3) is 12.4. The zero-order valence-electron chi connectivity index (χ0n) is 33.0. The number of unbranched alkanes of at least 4 members (excludes halogenated alkanes) is 3. The summed E-state index contributed by atoms with van der Waals surface area (Å²) < 4.78 is 24.7. The normalized spacial score (nSPS) is 13.7. The van der Waals surface area contributed by atoms with E-state index in [0.717, 1.165) is 79.4 Å². The largest absolute Gasteiger partial charge is 0.493 e. The van der Waals surface area contributed by atoms with Crippen LogP contribution in [-0.2, 0) is 39.1 Å². The molecule has 6 heteroatoms. The second kappa shape index (κ2) is 21.9. The van der Waals surface area contributed by atoms with Crippen molar-refractivity contribution >= 4 is 0 Å². The van der Waals surface area contributed by atoms with Crippen molar-refractivity contribution in [2.45, 2.75) is 90.6 Å². The Bertz CT molecular complexity index is 1830. The molecule has 1 aliphatic carbocycles. The molecule has 0 amide bonds. The first-order valence-electron chi connectivity index (χ1n) is 20.5. The highest BCUT2D eigenvalue weighted by molar-refractivity contribution is 5.52. The Morgan fingerprint density at radius 1 is 0.600 bits per heavy atom. The fourth-order valence-electron chi connectivity index (χ4n) is 7.59. The van der Waals surface area contributed by atoms with Crippen molar-refractivity contribution in [3.05, 3.63) is 155 Å². The number of methoxy groups -OCH3 is 1. The lowest BCUT2D eigenvalue weighted by Crippen LogP contribution is -2.40. The molecule has 5 aromatic rings. The maximum absolute atomic E-state index is 6.59. The summed E-state index contributed by atoms with van der Waals surface area (Å²) in [5, 5.41) is 3.66. The molecule has 1 aliphatic rings. The predicted molar refractivity (Wildman–Crippen MR) is 224 cm³/mol. The van der Waals surface area contributed by atoms with Crippen LogP contribution in [0.25, 0.3) is 0 Å². The highest BCUT2D eigenvalue weighted by atomic mass is 16.5. The average Bonchev–Trinajstić information content (AvgIpc) is 3.24. The van der Waals surface area contributed by atoms with Crippen LogP contribution in [-0.4, -0.2) is 44.2 Å². The predicted octanol–water partition coefficient (Wildman–Crippen LogP) is 10.4. The summed E-state index contributed by atoms with van der Waals surface area (Å²) in [4.78, 5) is 2.76. The third-order valence-electron chi connectivity index (χ3n) is 10.6. The van der Waals surface area contributed by atoms with E-state index in [1.807, 2.05) is 36.4 Å². The van der Waals surface area contributed by atoms with E-state index in [4.69, 9.17) is 18.9 Å². The van der Waals surface area contributed by atoms with Crippen LogP contribution < -0.4 is 24.3 Å². The van der Waals surface area contributed by atoms with E-state index in [2.05, 4.69) is 102 Å². The van der Waals surface area contributed by atoms with Crippen LogP contribution >= 0.6 is 0 Å². The number of rotatable bonds is 23. The molecule has 290 valence electrons. The van der Waals surface area contributed by atoms with Gasteiger partial charge in [-0.15, -0.1) is 0 Å². The highest BCUT2D eigenvalue weighted by Crippen LogP contribution is 2.40. The molecule has 0 saturated heterocycles. The average molecular weight is 741 g/mol. The van der Waals surface area contributed by atoms with Crippen molar-refractivity contribution in [2.24, 2.45) is 0 Å². The van der Waals surface area contributed by atoms with Gasteiger partial charge in [0.15, 0.2) is 23.0 Å². The second-order valence-electron chi connectivity index (χ2n) is 14.7. The molecule has 0 radical (unpaired) electrons. The summed E-state index contributed by atoms with van der Waals surface area (Å²) in [6.07, 6.45) is 10.4. The minimum Gasteiger partial charge on any atom is -0.493 e. The zero-order chi connectivity index (χ0) is 37.9. The number of benzene rings is 5. The Morgan fingerprint density at radius 3 is 1.87 bits per heavy atom. The highest BCUT2D eigenvalue weighted by Gasteiger charge is 2.27. The number of nitrogens with one attached hydrogen (secondary N) is 1. The van der Waals surface area contributed by atoms with Crippen LogP contribution in [0.3, 0.4) is 0 Å². The lowest BCUT2D eigenvalue weighted by atomic mass is 9.86. The summed E-state index contributed by atoms with van der Waals surface area (Å²) in [5.74, 6) is 3.34. The van der Waals surface area contributed by atoms with E-state index in [-0.39, 0.29) is 0 Å². The van der Waals surface area contributed by atoms with Gasteiger partial charge in [-0.1, -0.05) is 123 Å². The number of nitrogens with zero attached hydrogens (tertiary/aromatic N) is 1. The molecule has 6 nitrogen and oxygen atoms in total. The minimum atomic E-state index is 0.528. The Hall–Kier alpha value is -4.78. The molecule has 0 spiro atoms. The standard InChI is InChI=1S/C49H60N2O4/c1-3-32-51(33-16-5-4-15-30-50-31-29-39-23-27-46(52-2)48(34-39)54-37-41-19-11-7-12-20-41)44-25-26-45-43(35-44)24-28-47(53-36-40-17-9-6-10-18-40)49(45)55-38-42-21-13-8-14-22-42/h6-14,17-24,27-28,34,44,50H,3-5,15-16,25-26,29-33,35-38H2,1-2H3/t44-/m0/s1. The summed E-state index contributed by atoms with van der Waals surface area (Å²) in [5.41, 5.74) is 7.46. The summed E-state index contributed by atoms with van der Waals surface area (Å²) in [6.45, 7) is 8.24. The number of hydrogen-bond donors (Lipinski definition) is 1. The van der Waals surface area contributed by atoms with Crippen molar-refractivity contribution in [1.82, 2.24) is 10.2 Å². The molecule has 0 unspecified atom stereocenters. The van der Waals surface area contributed by atoms with Gasteiger partial charge in [0.05, 0.1) is 7.11 Å². The van der Waals surface area contributed by atoms with Crippen LogP contribution in [0.5, 0.6) is 23.0 Å². The van der Waals surface area contributed by atoms with Crippen LogP contribution in [0.1, 0.15) is 78.8 Å². The maximum atomic E-state index is 6.59. The molecule has 1 atom stereocenters. The third-order valence-corrected chi connectivity index (χ3v) is 10.6. The summed E-state index contributed by atoms with van der Waals surface area (Å²) in [7, 11) is 1.70. The first-order chi connectivity index (χ1) is 27.2. The topological polar surface area (TPSA) is 52.2 Å². The second-order valence-corrected chi connectivity index (χ2v) is 14.7. The molecule has 1 N–H and O–H groups in total. The van der Waals surface area contributed by atoms with Crippen molar-refractivity contribution in [1.29, 1.82) is 0 Å². The van der Waals surface area contributed by atoms with Gasteiger partial charge in [-0.05, 0) is 117 Å². The fourth-order valence-corrected chi connectivity index (χ4v) is 7.59. The van der Waals surface area contributed by atoms with Gasteiger partial charge < -0.3 is 29.2 Å². The molecule has 0 bridgehead atoms. The van der Waals surface area contributed by atoms with E-state index in [1.165, 1.54) is 60.9 Å². The van der Waals surface area contributed by atoms with Gasteiger partial charge in [0.1, 0.15) is 19.8 Å². The Labute approximate surface area is 329 Å². The molecule has 0 aliphatic heterocycles. The zero-order valence-corrected chi connectivity index (χ0v) is 33.0. The van der Waals surface area contributed by atoms with Gasteiger partial charge in [-0.25, -0.2) is 0 Å². The summed E-state index contributed by atoms with van der Waals surface area (Å²) in [6, 6.07) is 42.3. The number of hydrogen-bond acceptors (Lipinski definition) is 6. The number of fused-ring (bicyclic) bond motifs is 1. The number of ether oxygens (including phenoxy) is 4. The van der Waals surface area contributed by atoms with Crippen LogP contribution in [0.15, 0.2) is 121 Å². The monoisotopic (exact) mass is 740 g/mol. The molecule has 6 rings (SSSR count). The van der Waals surface area contributed by atoms with Crippen LogP contribution in [0, 0.1) is 0 Å². The lowest BCUT2D eigenvalue weighted by molar-refractivity contribution is 0.174. The quantitative estimate of drug-likeness (QED) is 0.0673. The molecule has 0 saturated carbocycles. The maximum Gasteiger partial charge on any atom is 0.165 e. The van der Waals surface area contributed by atoms with Gasteiger partial charge >= 0.3 is 0 Å². The molecule has 0 aromatic heterocycles. The Balaban J connectivity index is 0.936. The molecular formula is C49H60N2O4. The van der Waals surface area contributed by atoms with E-state index in [9.17, 15) is 0 Å². The van der Waals surface area contributed by atoms with Gasteiger partial charge in [0, 0.05) is 11.6 Å². The van der Waals surface area contributed by atoms with Crippen molar-refractivity contribution in [3.63, 3.8) is 0 Å². The van der Waals surface area contributed by atoms with E-state index in [0.29, 0.717) is 25.9 Å². The van der Waals surface area contributed by atoms with Gasteiger partial charge in [0.25, 0.3) is 0 Å². The molecule has 0 fully saturated rings. The van der Waals surface area contributed by atoms with E-state index < -0.39 is 0 Å². The van der Waals surface area contributed by atoms with Crippen molar-refractivity contribution in [2.75, 3.05) is 33.3 Å². The molecule has 55 heavy (non-hydrogen) atoms. The SMILES string of the molecule is CCCN(CCCCCCNCCc1ccc(OC)c(OCc2ccccc2)c1)[C@H]1CCc2c(ccc(OCc3ccccc3)c2OCc2ccccc2)C1. The Morgan fingerprint density at radius 2 is 1.22 bits per heavy atom. The smallest absolute Gasteiger partial charge is 0.165 e. The lowest BCUT2D eigenvalue weighted by Gasteiger charge is -2.36. The summed E-state index contributed by atoms with van der Waals surface area (Å²) >= 11 is 0. The minimum absolute atomic E-state index is 0.528. The Kier molecular flexibility index (Phi) is 15.9. The first-order valence-corrected chi connectivity index (χ1v) is 20.5. The van der Waals surface area contributed by atoms with Crippen LogP contribution in [0.2, 0.25) is 0 Å². The first kappa shape index (κ1) is 39.9. The van der Waals surface area contributed by atoms with E-state index in [1.54, 1.807) is 7.11 Å².